The predicted molar refractivity (Wildman–Crippen MR) is 62.3 cm³/mol. The zero-order chi connectivity index (χ0) is 11.5. The fourth-order valence-corrected chi connectivity index (χ4v) is 2.06. The van der Waals surface area contributed by atoms with E-state index in [4.69, 9.17) is 0 Å². The maximum absolute atomic E-state index is 11.1. The number of nitrogens with zero attached hydrogens (tertiary/aromatic N) is 2. The van der Waals surface area contributed by atoms with Crippen LogP contribution in [-0.2, 0) is 16.1 Å². The first-order valence-electron chi connectivity index (χ1n) is 4.84. The number of aromatic nitrogens is 2. The van der Waals surface area contributed by atoms with Crippen LogP contribution in [0.3, 0.4) is 0 Å². The number of aryl methyl sites for hydroxylation is 1. The molecule has 0 amide bonds. The first-order valence-corrected chi connectivity index (χ1v) is 5.79. The highest BCUT2D eigenvalue weighted by molar-refractivity contribution is 7.08. The summed E-state index contributed by atoms with van der Waals surface area (Å²) in [6.45, 7) is 2.08. The van der Waals surface area contributed by atoms with Gasteiger partial charge in [-0.1, -0.05) is 0 Å². The standard InChI is InChI=1S/C11H12N2O2S/c1-8-5-10(9-3-4-16-7-9)12-13(8)6-11(14)15-2/h3-5,7H,6H2,1-2H3. The molecule has 0 saturated carbocycles. The van der Waals surface area contributed by atoms with Gasteiger partial charge in [0, 0.05) is 16.6 Å². The molecular formula is C11H12N2O2S. The lowest BCUT2D eigenvalue weighted by Gasteiger charge is -2.01. The Bertz CT molecular complexity index is 488. The van der Waals surface area contributed by atoms with Crippen molar-refractivity contribution in [3.05, 3.63) is 28.6 Å². The summed E-state index contributed by atoms with van der Waals surface area (Å²) in [4.78, 5) is 11.1. The van der Waals surface area contributed by atoms with Crippen LogP contribution < -0.4 is 0 Å². The Morgan fingerprint density at radius 2 is 2.44 bits per heavy atom. The number of carbonyl (C=O) groups excluding carboxylic acids is 1. The van der Waals surface area contributed by atoms with E-state index in [0.717, 1.165) is 17.0 Å². The Morgan fingerprint density at radius 1 is 1.62 bits per heavy atom. The lowest BCUT2D eigenvalue weighted by atomic mass is 10.2. The van der Waals surface area contributed by atoms with Gasteiger partial charge in [-0.2, -0.15) is 16.4 Å². The Hall–Kier alpha value is -1.62. The quantitative estimate of drug-likeness (QED) is 0.766. The minimum Gasteiger partial charge on any atom is -0.468 e. The van der Waals surface area contributed by atoms with Crippen LogP contribution in [0.2, 0.25) is 0 Å². The summed E-state index contributed by atoms with van der Waals surface area (Å²) in [5.74, 6) is -0.289. The molecule has 0 aliphatic rings. The van der Waals surface area contributed by atoms with Crippen LogP contribution in [0.1, 0.15) is 5.69 Å². The maximum Gasteiger partial charge on any atom is 0.327 e. The predicted octanol–water partition coefficient (Wildman–Crippen LogP) is 2.09. The van der Waals surface area contributed by atoms with Crippen molar-refractivity contribution in [3.63, 3.8) is 0 Å². The van der Waals surface area contributed by atoms with Crippen LogP contribution in [0.5, 0.6) is 0 Å². The molecule has 16 heavy (non-hydrogen) atoms. The lowest BCUT2D eigenvalue weighted by Crippen LogP contribution is -2.13. The molecule has 0 radical (unpaired) electrons. The fourth-order valence-electron chi connectivity index (χ4n) is 1.41. The average Bonchev–Trinajstić information content (AvgIpc) is 2.88. The molecule has 0 fully saturated rings. The molecule has 2 aromatic heterocycles. The lowest BCUT2D eigenvalue weighted by molar-refractivity contribution is -0.141. The number of rotatable bonds is 3. The van der Waals surface area contributed by atoms with Crippen LogP contribution in [0.25, 0.3) is 11.3 Å². The summed E-state index contributed by atoms with van der Waals surface area (Å²) in [6, 6.07) is 3.97. The molecule has 84 valence electrons. The summed E-state index contributed by atoms with van der Waals surface area (Å²) in [7, 11) is 1.38. The third-order valence-electron chi connectivity index (χ3n) is 2.30. The topological polar surface area (TPSA) is 44.1 Å². The van der Waals surface area contributed by atoms with Gasteiger partial charge in [0.05, 0.1) is 12.8 Å². The third-order valence-corrected chi connectivity index (χ3v) is 2.99. The van der Waals surface area contributed by atoms with Gasteiger partial charge in [-0.25, -0.2) is 0 Å². The van der Waals surface area contributed by atoms with Crippen LogP contribution in [0, 0.1) is 6.92 Å². The summed E-state index contributed by atoms with van der Waals surface area (Å²) >= 11 is 1.63. The number of hydrogen-bond acceptors (Lipinski definition) is 4. The van der Waals surface area contributed by atoms with Gasteiger partial charge in [0.2, 0.25) is 0 Å². The van der Waals surface area contributed by atoms with E-state index in [1.54, 1.807) is 16.0 Å². The van der Waals surface area contributed by atoms with E-state index >= 15 is 0 Å². The SMILES string of the molecule is COC(=O)Cn1nc(-c2ccsc2)cc1C. The van der Waals surface area contributed by atoms with Gasteiger partial charge in [-0.15, -0.1) is 0 Å². The van der Waals surface area contributed by atoms with Crippen LogP contribution >= 0.6 is 11.3 Å². The monoisotopic (exact) mass is 236 g/mol. The summed E-state index contributed by atoms with van der Waals surface area (Å²) < 4.78 is 6.26. The van der Waals surface area contributed by atoms with Crippen molar-refractivity contribution >= 4 is 17.3 Å². The summed E-state index contributed by atoms with van der Waals surface area (Å²) in [5, 5.41) is 8.40. The van der Waals surface area contributed by atoms with Crippen molar-refractivity contribution in [3.8, 4) is 11.3 Å². The van der Waals surface area contributed by atoms with E-state index < -0.39 is 0 Å². The molecule has 4 nitrogen and oxygen atoms in total. The molecule has 0 aliphatic carbocycles. The Labute approximate surface area is 97.5 Å². The first kappa shape index (κ1) is 10.9. The van der Waals surface area contributed by atoms with Crippen molar-refractivity contribution in [1.82, 2.24) is 9.78 Å². The van der Waals surface area contributed by atoms with E-state index in [1.165, 1.54) is 7.11 Å². The first-order chi connectivity index (χ1) is 7.70. The zero-order valence-electron chi connectivity index (χ0n) is 9.14. The average molecular weight is 236 g/mol. The van der Waals surface area contributed by atoms with Crippen molar-refractivity contribution in [1.29, 1.82) is 0 Å². The molecule has 2 aromatic rings. The highest BCUT2D eigenvalue weighted by Gasteiger charge is 2.09. The molecule has 0 N–H and O–H groups in total. The number of carbonyl (C=O) groups is 1. The summed E-state index contributed by atoms with van der Waals surface area (Å²) in [5.41, 5.74) is 2.92. The Balaban J connectivity index is 2.25. The van der Waals surface area contributed by atoms with Gasteiger partial charge in [-0.3, -0.25) is 9.48 Å². The normalized spacial score (nSPS) is 10.4. The van der Waals surface area contributed by atoms with E-state index in [-0.39, 0.29) is 12.5 Å². The molecule has 0 saturated heterocycles. The molecule has 2 rings (SSSR count). The second-order valence-corrected chi connectivity index (χ2v) is 4.20. The van der Waals surface area contributed by atoms with E-state index in [9.17, 15) is 4.79 Å². The van der Waals surface area contributed by atoms with Crippen molar-refractivity contribution in [2.24, 2.45) is 0 Å². The molecule has 0 aromatic carbocycles. The van der Waals surface area contributed by atoms with Crippen molar-refractivity contribution in [2.75, 3.05) is 7.11 Å². The van der Waals surface area contributed by atoms with E-state index in [2.05, 4.69) is 9.84 Å². The Morgan fingerprint density at radius 3 is 3.06 bits per heavy atom. The third kappa shape index (κ3) is 2.14. The molecule has 5 heteroatoms. The number of ether oxygens (including phenoxy) is 1. The number of hydrogen-bond donors (Lipinski definition) is 0. The minimum absolute atomic E-state index is 0.159. The molecule has 0 bridgehead atoms. The Kier molecular flexibility index (Phi) is 3.05. The molecule has 0 atom stereocenters. The van der Waals surface area contributed by atoms with E-state index in [1.807, 2.05) is 29.8 Å². The number of esters is 1. The number of thiophene rings is 1. The van der Waals surface area contributed by atoms with Gasteiger partial charge in [0.1, 0.15) is 6.54 Å². The van der Waals surface area contributed by atoms with E-state index in [0.29, 0.717) is 0 Å². The van der Waals surface area contributed by atoms with Gasteiger partial charge in [-0.05, 0) is 24.4 Å². The van der Waals surface area contributed by atoms with Gasteiger partial charge in [0.25, 0.3) is 0 Å². The fraction of sp³-hybridized carbons (Fsp3) is 0.273. The smallest absolute Gasteiger partial charge is 0.327 e. The van der Waals surface area contributed by atoms with Crippen molar-refractivity contribution < 1.29 is 9.53 Å². The van der Waals surface area contributed by atoms with Crippen LogP contribution in [0.4, 0.5) is 0 Å². The largest absolute Gasteiger partial charge is 0.468 e. The summed E-state index contributed by atoms with van der Waals surface area (Å²) in [6.07, 6.45) is 0. The molecule has 0 spiro atoms. The highest BCUT2D eigenvalue weighted by atomic mass is 32.1. The highest BCUT2D eigenvalue weighted by Crippen LogP contribution is 2.21. The molecular weight excluding hydrogens is 224 g/mol. The van der Waals surface area contributed by atoms with Crippen LogP contribution in [-0.4, -0.2) is 22.9 Å². The second kappa shape index (κ2) is 4.49. The number of methoxy groups -OCH3 is 1. The van der Waals surface area contributed by atoms with Gasteiger partial charge in [0.15, 0.2) is 0 Å². The van der Waals surface area contributed by atoms with Gasteiger partial charge < -0.3 is 4.74 Å². The van der Waals surface area contributed by atoms with Gasteiger partial charge >= 0.3 is 5.97 Å². The molecule has 0 unspecified atom stereocenters. The zero-order valence-corrected chi connectivity index (χ0v) is 9.95. The molecule has 0 aliphatic heterocycles. The van der Waals surface area contributed by atoms with Crippen LogP contribution in [0.15, 0.2) is 22.9 Å². The maximum atomic E-state index is 11.1. The van der Waals surface area contributed by atoms with Crippen molar-refractivity contribution in [2.45, 2.75) is 13.5 Å². The second-order valence-electron chi connectivity index (χ2n) is 3.42. The molecule has 2 heterocycles. The minimum atomic E-state index is -0.289.